The monoisotopic (exact) mass is 491 g/mol. The highest BCUT2D eigenvalue weighted by molar-refractivity contribution is 5.84. The van der Waals surface area contributed by atoms with Gasteiger partial charge in [-0.2, -0.15) is 0 Å². The van der Waals surface area contributed by atoms with Crippen molar-refractivity contribution in [1.29, 1.82) is 0 Å². The number of aromatic nitrogens is 2. The van der Waals surface area contributed by atoms with E-state index >= 15 is 0 Å². The highest BCUT2D eigenvalue weighted by atomic mass is 19.1. The third-order valence-corrected chi connectivity index (χ3v) is 7.10. The fourth-order valence-corrected chi connectivity index (χ4v) is 5.07. The van der Waals surface area contributed by atoms with E-state index in [0.29, 0.717) is 12.5 Å². The first-order chi connectivity index (χ1) is 17.4. The Bertz CT molecular complexity index is 1310. The van der Waals surface area contributed by atoms with Crippen molar-refractivity contribution in [2.75, 3.05) is 19.7 Å². The molecule has 0 radical (unpaired) electrons. The molecule has 1 aliphatic heterocycles. The molecule has 8 heteroatoms. The number of piperidine rings is 1. The maximum atomic E-state index is 13.5. The van der Waals surface area contributed by atoms with Crippen LogP contribution in [0.4, 0.5) is 4.39 Å². The normalized spacial score (nSPS) is 16.7. The lowest BCUT2D eigenvalue weighted by Gasteiger charge is -2.33. The molecule has 0 atom stereocenters. The largest absolute Gasteiger partial charge is 0.494 e. The molecule has 0 spiro atoms. The van der Waals surface area contributed by atoms with Crippen LogP contribution in [0.2, 0.25) is 0 Å². The molecule has 3 aromatic rings. The predicted molar refractivity (Wildman–Crippen MR) is 134 cm³/mol. The van der Waals surface area contributed by atoms with Crippen LogP contribution in [0.3, 0.4) is 0 Å². The standard InChI is InChI=1S/C28H30FN3O4/c1-2-36-26-14-24(19-5-7-21(29)8-6-19)23(18-3-4-18)13-20(26)16-31-11-9-22(10-12-31)32-17-30-25(28(34)35)15-27(32)33/h5-8,13-15,17-18,22H,2-4,9-12,16H2,1H3,(H,34,35). The maximum Gasteiger partial charge on any atom is 0.354 e. The van der Waals surface area contributed by atoms with Gasteiger partial charge in [0.15, 0.2) is 5.69 Å². The molecule has 188 valence electrons. The number of nitrogens with zero attached hydrogens (tertiary/aromatic N) is 3. The number of rotatable bonds is 8. The Morgan fingerprint density at radius 2 is 1.83 bits per heavy atom. The minimum absolute atomic E-state index is 0.00154. The van der Waals surface area contributed by atoms with Crippen LogP contribution in [0, 0.1) is 5.82 Å². The van der Waals surface area contributed by atoms with E-state index in [-0.39, 0.29) is 23.1 Å². The topological polar surface area (TPSA) is 84.7 Å². The summed E-state index contributed by atoms with van der Waals surface area (Å²) in [6, 6.07) is 12.1. The van der Waals surface area contributed by atoms with Crippen molar-refractivity contribution in [3.63, 3.8) is 0 Å². The van der Waals surface area contributed by atoms with Crippen molar-refractivity contribution in [3.8, 4) is 16.9 Å². The second kappa shape index (κ2) is 10.2. The number of carboxylic acid groups (broad SMARTS) is 1. The van der Waals surface area contributed by atoms with Crippen molar-refractivity contribution in [2.45, 2.75) is 51.1 Å². The van der Waals surface area contributed by atoms with Gasteiger partial charge >= 0.3 is 5.97 Å². The van der Waals surface area contributed by atoms with Gasteiger partial charge in [0, 0.05) is 37.3 Å². The predicted octanol–water partition coefficient (Wildman–Crippen LogP) is 4.86. The number of aromatic carboxylic acids is 1. The van der Waals surface area contributed by atoms with Crippen LogP contribution in [0.1, 0.15) is 66.2 Å². The van der Waals surface area contributed by atoms with Crippen LogP contribution in [-0.4, -0.2) is 45.2 Å². The summed E-state index contributed by atoms with van der Waals surface area (Å²) in [5, 5.41) is 9.05. The molecular formula is C28H30FN3O4. The van der Waals surface area contributed by atoms with E-state index in [1.165, 1.54) is 24.0 Å². The quantitative estimate of drug-likeness (QED) is 0.484. The second-order valence-electron chi connectivity index (χ2n) is 9.59. The van der Waals surface area contributed by atoms with Crippen molar-refractivity contribution in [1.82, 2.24) is 14.5 Å². The van der Waals surface area contributed by atoms with Gasteiger partial charge in [-0.25, -0.2) is 14.2 Å². The molecule has 7 nitrogen and oxygen atoms in total. The lowest BCUT2D eigenvalue weighted by molar-refractivity contribution is 0.0689. The van der Waals surface area contributed by atoms with Crippen LogP contribution in [0.15, 0.2) is 53.6 Å². The summed E-state index contributed by atoms with van der Waals surface area (Å²) < 4.78 is 21.1. The van der Waals surface area contributed by atoms with Gasteiger partial charge in [-0.05, 0) is 79.5 Å². The number of benzene rings is 2. The molecular weight excluding hydrogens is 461 g/mol. The number of carbonyl (C=O) groups is 1. The number of ether oxygens (including phenoxy) is 1. The molecule has 0 unspecified atom stereocenters. The molecule has 5 rings (SSSR count). The van der Waals surface area contributed by atoms with Gasteiger partial charge in [0.1, 0.15) is 11.6 Å². The molecule has 1 aromatic heterocycles. The number of hydrogen-bond acceptors (Lipinski definition) is 5. The Labute approximate surface area is 209 Å². The third kappa shape index (κ3) is 5.18. The number of likely N-dealkylation sites (tertiary alicyclic amines) is 1. The van der Waals surface area contributed by atoms with Gasteiger partial charge in [0.25, 0.3) is 5.56 Å². The van der Waals surface area contributed by atoms with Crippen molar-refractivity contribution < 1.29 is 19.0 Å². The molecule has 2 aromatic carbocycles. The summed E-state index contributed by atoms with van der Waals surface area (Å²) in [5.41, 5.74) is 4.00. The molecule has 1 aliphatic carbocycles. The summed E-state index contributed by atoms with van der Waals surface area (Å²) in [6.45, 7) is 4.90. The lowest BCUT2D eigenvalue weighted by atomic mass is 9.93. The van der Waals surface area contributed by atoms with Crippen LogP contribution >= 0.6 is 0 Å². The van der Waals surface area contributed by atoms with Gasteiger partial charge in [-0.1, -0.05) is 12.1 Å². The van der Waals surface area contributed by atoms with E-state index in [1.54, 1.807) is 4.57 Å². The summed E-state index contributed by atoms with van der Waals surface area (Å²) >= 11 is 0. The van der Waals surface area contributed by atoms with E-state index in [0.717, 1.165) is 73.8 Å². The summed E-state index contributed by atoms with van der Waals surface area (Å²) in [7, 11) is 0. The first kappa shape index (κ1) is 24.2. The SMILES string of the molecule is CCOc1cc(-c2ccc(F)cc2)c(C2CC2)cc1CN1CCC(n2cnc(C(=O)O)cc2=O)CC1. The van der Waals surface area contributed by atoms with Gasteiger partial charge in [-0.3, -0.25) is 14.3 Å². The van der Waals surface area contributed by atoms with E-state index in [4.69, 9.17) is 9.84 Å². The molecule has 2 fully saturated rings. The molecule has 1 saturated carbocycles. The fourth-order valence-electron chi connectivity index (χ4n) is 5.07. The molecule has 2 heterocycles. The Morgan fingerprint density at radius 3 is 2.44 bits per heavy atom. The number of halogens is 1. The summed E-state index contributed by atoms with van der Waals surface area (Å²) in [5.74, 6) is -0.0609. The van der Waals surface area contributed by atoms with E-state index in [2.05, 4.69) is 22.0 Å². The maximum absolute atomic E-state index is 13.5. The summed E-state index contributed by atoms with van der Waals surface area (Å²) in [6.07, 6.45) is 5.24. The molecule has 0 bridgehead atoms. The highest BCUT2D eigenvalue weighted by Crippen LogP contribution is 2.46. The Morgan fingerprint density at radius 1 is 1.11 bits per heavy atom. The Kier molecular flexibility index (Phi) is 6.87. The van der Waals surface area contributed by atoms with Crippen molar-refractivity contribution >= 4 is 5.97 Å². The fraction of sp³-hybridized carbons (Fsp3) is 0.393. The zero-order chi connectivity index (χ0) is 25.2. The van der Waals surface area contributed by atoms with Crippen molar-refractivity contribution in [3.05, 3.63) is 81.8 Å². The Hall–Kier alpha value is -3.52. The van der Waals surface area contributed by atoms with Gasteiger partial charge in [-0.15, -0.1) is 0 Å². The first-order valence-corrected chi connectivity index (χ1v) is 12.5. The van der Waals surface area contributed by atoms with Crippen LogP contribution < -0.4 is 10.3 Å². The molecule has 36 heavy (non-hydrogen) atoms. The zero-order valence-electron chi connectivity index (χ0n) is 20.3. The van der Waals surface area contributed by atoms with E-state index < -0.39 is 5.97 Å². The van der Waals surface area contributed by atoms with Crippen LogP contribution in [0.5, 0.6) is 5.75 Å². The van der Waals surface area contributed by atoms with E-state index in [9.17, 15) is 14.0 Å². The smallest absolute Gasteiger partial charge is 0.354 e. The van der Waals surface area contributed by atoms with E-state index in [1.807, 2.05) is 19.1 Å². The average molecular weight is 492 g/mol. The number of carboxylic acids is 1. The van der Waals surface area contributed by atoms with Crippen LogP contribution in [-0.2, 0) is 6.54 Å². The first-order valence-electron chi connectivity index (χ1n) is 12.5. The molecule has 0 amide bonds. The molecule has 1 saturated heterocycles. The Balaban J connectivity index is 1.34. The summed E-state index contributed by atoms with van der Waals surface area (Å²) in [4.78, 5) is 29.8. The van der Waals surface area contributed by atoms with Crippen LogP contribution in [0.25, 0.3) is 11.1 Å². The van der Waals surface area contributed by atoms with Gasteiger partial charge in [0.2, 0.25) is 0 Å². The average Bonchev–Trinajstić information content (AvgIpc) is 3.71. The van der Waals surface area contributed by atoms with Gasteiger partial charge < -0.3 is 9.84 Å². The second-order valence-corrected chi connectivity index (χ2v) is 9.59. The third-order valence-electron chi connectivity index (χ3n) is 7.10. The minimum atomic E-state index is -1.20. The van der Waals surface area contributed by atoms with Gasteiger partial charge in [0.05, 0.1) is 12.9 Å². The van der Waals surface area contributed by atoms with Crippen molar-refractivity contribution in [2.24, 2.45) is 0 Å². The lowest BCUT2D eigenvalue weighted by Crippen LogP contribution is -2.37. The molecule has 1 N–H and O–H groups in total. The highest BCUT2D eigenvalue weighted by Gasteiger charge is 2.29. The molecule has 2 aliphatic rings. The minimum Gasteiger partial charge on any atom is -0.494 e. The number of hydrogen-bond donors (Lipinski definition) is 1. The zero-order valence-corrected chi connectivity index (χ0v) is 20.3.